The van der Waals surface area contributed by atoms with E-state index in [1.165, 1.54) is 12.5 Å². The second-order valence-corrected chi connectivity index (χ2v) is 6.38. The Bertz CT molecular complexity index is 513. The van der Waals surface area contributed by atoms with Crippen LogP contribution in [0, 0.1) is 5.82 Å². The summed E-state index contributed by atoms with van der Waals surface area (Å²) in [6.07, 6.45) is 4.40. The standard InChI is InChI=1S/C15H18BrFN2O/c16-14-12(4-1-5-13(14)17)15(20)19(11-6-7-11)9-10-3-2-8-18-10/h1,4-5,10-11,18H,2-3,6-9H2. The van der Waals surface area contributed by atoms with E-state index in [0.29, 0.717) is 17.6 Å². The summed E-state index contributed by atoms with van der Waals surface area (Å²) in [5.74, 6) is -0.446. The Balaban J connectivity index is 1.79. The summed E-state index contributed by atoms with van der Waals surface area (Å²) in [7, 11) is 0. The lowest BCUT2D eigenvalue weighted by Crippen LogP contribution is -2.42. The molecule has 3 nitrogen and oxygen atoms in total. The van der Waals surface area contributed by atoms with E-state index in [-0.39, 0.29) is 16.2 Å². The number of hydrogen-bond acceptors (Lipinski definition) is 2. The first-order valence-electron chi connectivity index (χ1n) is 7.15. The lowest BCUT2D eigenvalue weighted by Gasteiger charge is -2.26. The van der Waals surface area contributed by atoms with Crippen LogP contribution in [0.2, 0.25) is 0 Å². The molecule has 0 bridgehead atoms. The largest absolute Gasteiger partial charge is 0.334 e. The van der Waals surface area contributed by atoms with Crippen molar-refractivity contribution in [3.05, 3.63) is 34.1 Å². The van der Waals surface area contributed by atoms with E-state index in [9.17, 15) is 9.18 Å². The van der Waals surface area contributed by atoms with Crippen LogP contribution < -0.4 is 5.32 Å². The number of hydrogen-bond donors (Lipinski definition) is 1. The first-order valence-corrected chi connectivity index (χ1v) is 7.94. The molecule has 1 aliphatic carbocycles. The number of nitrogens with one attached hydrogen (secondary N) is 1. The highest BCUT2D eigenvalue weighted by atomic mass is 79.9. The molecular weight excluding hydrogens is 323 g/mol. The molecule has 2 aliphatic rings. The minimum atomic E-state index is -0.384. The SMILES string of the molecule is O=C(c1cccc(F)c1Br)N(CC1CCCN1)C1CC1. The first kappa shape index (κ1) is 14.0. The minimum Gasteiger partial charge on any atom is -0.334 e. The number of carbonyl (C=O) groups excluding carboxylic acids is 1. The van der Waals surface area contributed by atoms with Crippen LogP contribution in [-0.4, -0.2) is 36.0 Å². The van der Waals surface area contributed by atoms with Crippen molar-refractivity contribution in [1.29, 1.82) is 0 Å². The molecule has 1 aromatic rings. The Kier molecular flexibility index (Phi) is 4.08. The minimum absolute atomic E-state index is 0.0624. The smallest absolute Gasteiger partial charge is 0.255 e. The molecule has 1 N–H and O–H groups in total. The maximum atomic E-state index is 13.6. The van der Waals surface area contributed by atoms with Gasteiger partial charge in [0.05, 0.1) is 10.0 Å². The molecule has 5 heteroatoms. The average Bonchev–Trinajstić information content (AvgIpc) is 3.15. The molecule has 108 valence electrons. The summed E-state index contributed by atoms with van der Waals surface area (Å²) in [4.78, 5) is 14.6. The van der Waals surface area contributed by atoms with Gasteiger partial charge in [0.15, 0.2) is 0 Å². The third-order valence-corrected chi connectivity index (χ3v) is 4.82. The molecule has 2 fully saturated rings. The number of amides is 1. The van der Waals surface area contributed by atoms with E-state index in [1.54, 1.807) is 12.1 Å². The quantitative estimate of drug-likeness (QED) is 0.913. The zero-order valence-corrected chi connectivity index (χ0v) is 12.8. The molecule has 1 amide bonds. The highest BCUT2D eigenvalue weighted by Gasteiger charge is 2.35. The van der Waals surface area contributed by atoms with E-state index in [2.05, 4.69) is 21.2 Å². The predicted octanol–water partition coefficient (Wildman–Crippen LogP) is 2.94. The van der Waals surface area contributed by atoms with Crippen molar-refractivity contribution < 1.29 is 9.18 Å². The zero-order chi connectivity index (χ0) is 14.1. The molecular formula is C15H18BrFN2O. The summed E-state index contributed by atoms with van der Waals surface area (Å²) < 4.78 is 13.9. The van der Waals surface area contributed by atoms with Crippen molar-refractivity contribution in [2.24, 2.45) is 0 Å². The number of benzene rings is 1. The van der Waals surface area contributed by atoms with Crippen LogP contribution in [0.3, 0.4) is 0 Å². The van der Waals surface area contributed by atoms with Gasteiger partial charge in [-0.25, -0.2) is 4.39 Å². The van der Waals surface area contributed by atoms with Gasteiger partial charge in [-0.15, -0.1) is 0 Å². The van der Waals surface area contributed by atoms with Crippen molar-refractivity contribution in [3.8, 4) is 0 Å². The van der Waals surface area contributed by atoms with Gasteiger partial charge in [0.2, 0.25) is 0 Å². The Morgan fingerprint density at radius 2 is 2.20 bits per heavy atom. The monoisotopic (exact) mass is 340 g/mol. The molecule has 3 rings (SSSR count). The van der Waals surface area contributed by atoms with E-state index < -0.39 is 0 Å². The average molecular weight is 341 g/mol. The zero-order valence-electron chi connectivity index (χ0n) is 11.2. The van der Waals surface area contributed by atoms with Crippen molar-refractivity contribution >= 4 is 21.8 Å². The summed E-state index contributed by atoms with van der Waals surface area (Å²) >= 11 is 3.19. The summed E-state index contributed by atoms with van der Waals surface area (Å²) in [5, 5.41) is 3.42. The van der Waals surface area contributed by atoms with E-state index in [4.69, 9.17) is 0 Å². The molecule has 1 unspecified atom stereocenters. The third-order valence-electron chi connectivity index (χ3n) is 4.01. The molecule has 20 heavy (non-hydrogen) atoms. The van der Waals surface area contributed by atoms with Crippen LogP contribution in [-0.2, 0) is 0 Å². The van der Waals surface area contributed by atoms with Crippen LogP contribution >= 0.6 is 15.9 Å². The maximum Gasteiger partial charge on any atom is 0.255 e. The Morgan fingerprint density at radius 3 is 2.85 bits per heavy atom. The van der Waals surface area contributed by atoms with Gasteiger partial charge in [-0.1, -0.05) is 6.07 Å². The van der Waals surface area contributed by atoms with Crippen LogP contribution in [0.15, 0.2) is 22.7 Å². The molecule has 1 saturated carbocycles. The molecule has 1 atom stereocenters. The predicted molar refractivity (Wildman–Crippen MR) is 79.2 cm³/mol. The molecule has 1 saturated heterocycles. The Labute approximate surface area is 126 Å². The molecule has 1 aromatic carbocycles. The molecule has 0 aromatic heterocycles. The number of nitrogens with zero attached hydrogens (tertiary/aromatic N) is 1. The highest BCUT2D eigenvalue weighted by Crippen LogP contribution is 2.31. The van der Waals surface area contributed by atoms with Crippen molar-refractivity contribution in [1.82, 2.24) is 10.2 Å². The van der Waals surface area contributed by atoms with Gasteiger partial charge >= 0.3 is 0 Å². The van der Waals surface area contributed by atoms with Crippen molar-refractivity contribution in [3.63, 3.8) is 0 Å². The molecule has 0 spiro atoms. The third kappa shape index (κ3) is 2.88. The number of carbonyl (C=O) groups is 1. The number of rotatable bonds is 4. The Hall–Kier alpha value is -0.940. The van der Waals surface area contributed by atoms with Crippen LogP contribution in [0.1, 0.15) is 36.0 Å². The molecule has 1 aliphatic heterocycles. The van der Waals surface area contributed by atoms with Gasteiger partial charge in [-0.2, -0.15) is 0 Å². The van der Waals surface area contributed by atoms with Crippen LogP contribution in [0.5, 0.6) is 0 Å². The fraction of sp³-hybridized carbons (Fsp3) is 0.533. The van der Waals surface area contributed by atoms with E-state index in [0.717, 1.165) is 32.4 Å². The fourth-order valence-electron chi connectivity index (χ4n) is 2.76. The lowest BCUT2D eigenvalue weighted by molar-refractivity contribution is 0.0727. The normalized spacial score (nSPS) is 22.0. The van der Waals surface area contributed by atoms with Gasteiger partial charge in [0, 0.05) is 18.6 Å². The van der Waals surface area contributed by atoms with Gasteiger partial charge in [0.25, 0.3) is 5.91 Å². The van der Waals surface area contributed by atoms with Crippen LogP contribution in [0.4, 0.5) is 4.39 Å². The summed E-state index contributed by atoms with van der Waals surface area (Å²) in [6.45, 7) is 1.76. The first-order chi connectivity index (χ1) is 9.66. The van der Waals surface area contributed by atoms with Gasteiger partial charge < -0.3 is 10.2 Å². The van der Waals surface area contributed by atoms with Crippen LogP contribution in [0.25, 0.3) is 0 Å². The summed E-state index contributed by atoms with van der Waals surface area (Å²) in [5.41, 5.74) is 0.426. The fourth-order valence-corrected chi connectivity index (χ4v) is 3.19. The van der Waals surface area contributed by atoms with E-state index >= 15 is 0 Å². The topological polar surface area (TPSA) is 32.3 Å². The highest BCUT2D eigenvalue weighted by molar-refractivity contribution is 9.10. The second kappa shape index (κ2) is 5.82. The molecule has 1 heterocycles. The van der Waals surface area contributed by atoms with Gasteiger partial charge in [0.1, 0.15) is 5.82 Å². The molecule has 0 radical (unpaired) electrons. The Morgan fingerprint density at radius 1 is 1.40 bits per heavy atom. The maximum absolute atomic E-state index is 13.6. The van der Waals surface area contributed by atoms with Gasteiger partial charge in [-0.3, -0.25) is 4.79 Å². The number of halogens is 2. The van der Waals surface area contributed by atoms with Crippen molar-refractivity contribution in [2.45, 2.75) is 37.8 Å². The van der Waals surface area contributed by atoms with Crippen molar-refractivity contribution in [2.75, 3.05) is 13.1 Å². The summed E-state index contributed by atoms with van der Waals surface area (Å²) in [6, 6.07) is 5.35. The van der Waals surface area contributed by atoms with Gasteiger partial charge in [-0.05, 0) is 60.3 Å². The van der Waals surface area contributed by atoms with E-state index in [1.807, 2.05) is 4.90 Å². The second-order valence-electron chi connectivity index (χ2n) is 5.58. The lowest BCUT2D eigenvalue weighted by atomic mass is 10.1.